The number of hydrogen-bond acceptors (Lipinski definition) is 5. The van der Waals surface area contributed by atoms with Crippen molar-refractivity contribution in [2.45, 2.75) is 79.1 Å². The summed E-state index contributed by atoms with van der Waals surface area (Å²) in [6.07, 6.45) is 9.39. The fourth-order valence-electron chi connectivity index (χ4n) is 6.42. The third kappa shape index (κ3) is 7.67. The number of hydrogen-bond donors (Lipinski definition) is 0. The Hall–Kier alpha value is -4.23. The Kier molecular flexibility index (Phi) is 11.4. The SMILES string of the molecule is CC(C)c1cccc(C(C)C)c1N1C=CN(c2c(C(C)C)cccc2C(C)C)[CH-]1.[Au].c1ccc2cc3[n-]c(-c4cnccn4)nc3cc2c1. The maximum atomic E-state index is 4.52. The summed E-state index contributed by atoms with van der Waals surface area (Å²) in [5, 5.41) is 2.33. The van der Waals surface area contributed by atoms with E-state index in [4.69, 9.17) is 0 Å². The molecule has 0 unspecified atom stereocenters. The second-order valence-electron chi connectivity index (χ2n) is 13.7. The molecule has 0 bridgehead atoms. The van der Waals surface area contributed by atoms with Crippen LogP contribution >= 0.6 is 0 Å². The van der Waals surface area contributed by atoms with Crippen LogP contribution in [0.15, 0.2) is 104 Å². The van der Waals surface area contributed by atoms with Gasteiger partial charge in [-0.25, -0.2) is 0 Å². The van der Waals surface area contributed by atoms with Crippen molar-refractivity contribution in [2.24, 2.45) is 0 Å². The van der Waals surface area contributed by atoms with Gasteiger partial charge >= 0.3 is 0 Å². The van der Waals surface area contributed by atoms with Crippen LogP contribution in [0.3, 0.4) is 0 Å². The van der Waals surface area contributed by atoms with E-state index < -0.39 is 0 Å². The molecule has 0 aliphatic carbocycles. The molecule has 4 aromatic carbocycles. The summed E-state index contributed by atoms with van der Waals surface area (Å²) in [5.41, 5.74) is 10.8. The van der Waals surface area contributed by atoms with Gasteiger partial charge in [-0.3, -0.25) is 9.97 Å². The molecular formula is C42H46AuN6-2. The molecule has 257 valence electrons. The standard InChI is InChI=1S/C27H37N2.C15H9N4.Au/c1-18(2)22-11-9-12-23(19(3)4)26(22)28-15-16-29(17-28)27-24(20(5)6)13-10-14-25(27)21(7)8;1-2-4-11-8-13-12(7-10(11)3-1)18-15(19-13)14-9-16-5-6-17-14;/h9-21H,1-8H3;1-9H;/q2*-1;. The Balaban J connectivity index is 0.000000202. The smallest absolute Gasteiger partial charge is 0.0803 e. The van der Waals surface area contributed by atoms with E-state index in [0.29, 0.717) is 35.2 Å². The number of rotatable bonds is 7. The van der Waals surface area contributed by atoms with Crippen LogP contribution in [0.2, 0.25) is 0 Å². The van der Waals surface area contributed by atoms with Crippen molar-refractivity contribution in [1.82, 2.24) is 19.9 Å². The Morgan fingerprint density at radius 2 is 1.10 bits per heavy atom. The number of aromatic nitrogens is 4. The Morgan fingerprint density at radius 1 is 0.612 bits per heavy atom. The maximum Gasteiger partial charge on any atom is 0.0803 e. The summed E-state index contributed by atoms with van der Waals surface area (Å²) in [7, 11) is 0. The molecule has 0 spiro atoms. The molecule has 0 atom stereocenters. The third-order valence-corrected chi connectivity index (χ3v) is 8.93. The van der Waals surface area contributed by atoms with Crippen LogP contribution in [-0.4, -0.2) is 15.0 Å². The first-order chi connectivity index (χ1) is 23.1. The molecule has 0 amide bonds. The molecule has 6 nitrogen and oxygen atoms in total. The van der Waals surface area contributed by atoms with Gasteiger partial charge in [-0.05, 0) is 86.0 Å². The van der Waals surface area contributed by atoms with Gasteiger partial charge in [0.25, 0.3) is 0 Å². The van der Waals surface area contributed by atoms with Crippen LogP contribution in [-0.2, 0) is 22.4 Å². The molecule has 1 aliphatic rings. The van der Waals surface area contributed by atoms with E-state index in [-0.39, 0.29) is 22.4 Å². The first kappa shape index (κ1) is 36.1. The zero-order valence-electron chi connectivity index (χ0n) is 29.7. The van der Waals surface area contributed by atoms with Crippen molar-refractivity contribution in [2.75, 3.05) is 9.80 Å². The van der Waals surface area contributed by atoms with Crippen molar-refractivity contribution in [3.63, 3.8) is 0 Å². The summed E-state index contributed by atoms with van der Waals surface area (Å²) >= 11 is 0. The molecule has 1 aliphatic heterocycles. The first-order valence-electron chi connectivity index (χ1n) is 17.1. The molecule has 0 saturated heterocycles. The summed E-state index contributed by atoms with van der Waals surface area (Å²) in [6, 6.07) is 25.8. The van der Waals surface area contributed by atoms with Gasteiger partial charge in [-0.1, -0.05) is 128 Å². The van der Waals surface area contributed by atoms with Gasteiger partial charge in [0, 0.05) is 46.1 Å². The van der Waals surface area contributed by atoms with Crippen molar-refractivity contribution < 1.29 is 22.4 Å². The molecule has 0 N–H and O–H groups in total. The number of imidazole rings is 1. The van der Waals surface area contributed by atoms with E-state index in [0.717, 1.165) is 11.0 Å². The minimum Gasteiger partial charge on any atom is -0.479 e. The predicted octanol–water partition coefficient (Wildman–Crippen LogP) is 10.9. The van der Waals surface area contributed by atoms with Crippen molar-refractivity contribution in [1.29, 1.82) is 0 Å². The minimum absolute atomic E-state index is 0. The Labute approximate surface area is 307 Å². The topological polar surface area (TPSA) is 59.2 Å². The predicted molar refractivity (Wildman–Crippen MR) is 201 cm³/mol. The molecule has 49 heavy (non-hydrogen) atoms. The maximum absolute atomic E-state index is 4.52. The first-order valence-corrected chi connectivity index (χ1v) is 17.1. The van der Waals surface area contributed by atoms with Gasteiger partial charge in [0.05, 0.1) is 11.9 Å². The minimum atomic E-state index is 0. The molecule has 7 rings (SSSR count). The van der Waals surface area contributed by atoms with Crippen LogP contribution in [0.5, 0.6) is 0 Å². The number of benzene rings is 4. The zero-order chi connectivity index (χ0) is 33.9. The molecule has 7 heteroatoms. The number of para-hydroxylation sites is 2. The molecule has 0 fully saturated rings. The molecule has 1 radical (unpaired) electrons. The fraction of sp³-hybridized carbons (Fsp3) is 0.286. The number of fused-ring (bicyclic) bond motifs is 2. The van der Waals surface area contributed by atoms with Crippen LogP contribution in [0, 0.1) is 6.67 Å². The second-order valence-corrected chi connectivity index (χ2v) is 13.7. The molecule has 0 saturated carbocycles. The summed E-state index contributed by atoms with van der Waals surface area (Å²) in [6.45, 7) is 20.5. The normalized spacial score (nSPS) is 12.8. The second kappa shape index (κ2) is 15.5. The van der Waals surface area contributed by atoms with Crippen LogP contribution in [0.25, 0.3) is 33.3 Å². The summed E-state index contributed by atoms with van der Waals surface area (Å²) in [4.78, 5) is 22.0. The average Bonchev–Trinajstić information content (AvgIpc) is 3.74. The van der Waals surface area contributed by atoms with Gasteiger partial charge in [-0.2, -0.15) is 0 Å². The summed E-state index contributed by atoms with van der Waals surface area (Å²) in [5.74, 6) is 2.54. The van der Waals surface area contributed by atoms with E-state index in [1.807, 2.05) is 12.1 Å². The van der Waals surface area contributed by atoms with Crippen molar-refractivity contribution in [3.8, 4) is 11.5 Å². The van der Waals surface area contributed by atoms with Crippen molar-refractivity contribution in [3.05, 3.63) is 133 Å². The van der Waals surface area contributed by atoms with Crippen LogP contribution in [0.4, 0.5) is 11.4 Å². The molecule has 2 aromatic heterocycles. The average molecular weight is 832 g/mol. The number of anilines is 2. The largest absolute Gasteiger partial charge is 0.479 e. The quantitative estimate of drug-likeness (QED) is 0.118. The third-order valence-electron chi connectivity index (χ3n) is 8.93. The molecule has 3 heterocycles. The monoisotopic (exact) mass is 831 g/mol. The van der Waals surface area contributed by atoms with E-state index in [9.17, 15) is 0 Å². The van der Waals surface area contributed by atoms with Crippen molar-refractivity contribution >= 4 is 33.2 Å². The van der Waals surface area contributed by atoms with Crippen LogP contribution < -0.4 is 14.8 Å². The van der Waals surface area contributed by atoms with E-state index in [1.54, 1.807) is 18.6 Å². The van der Waals surface area contributed by atoms with Gasteiger partial charge < -0.3 is 19.8 Å². The zero-order valence-corrected chi connectivity index (χ0v) is 31.9. The van der Waals surface area contributed by atoms with E-state index >= 15 is 0 Å². The summed E-state index contributed by atoms with van der Waals surface area (Å²) < 4.78 is 0. The van der Waals surface area contributed by atoms with Gasteiger partial charge in [0.15, 0.2) is 0 Å². The van der Waals surface area contributed by atoms with Gasteiger partial charge in [0.1, 0.15) is 0 Å². The van der Waals surface area contributed by atoms with Crippen LogP contribution in [0.1, 0.15) is 101 Å². The van der Waals surface area contributed by atoms with E-state index in [2.05, 4.69) is 165 Å². The Morgan fingerprint density at radius 3 is 1.55 bits per heavy atom. The molecule has 6 aromatic rings. The van der Waals surface area contributed by atoms with E-state index in [1.165, 1.54) is 44.4 Å². The molecular weight excluding hydrogens is 785 g/mol. The Bertz CT molecular complexity index is 1870. The number of nitrogens with zero attached hydrogens (tertiary/aromatic N) is 6. The van der Waals surface area contributed by atoms with Gasteiger partial charge in [-0.15, -0.1) is 6.67 Å². The van der Waals surface area contributed by atoms with Gasteiger partial charge in [0.2, 0.25) is 0 Å². The fourth-order valence-corrected chi connectivity index (χ4v) is 6.42.